The Hall–Kier alpha value is -3.22. The third-order valence-electron chi connectivity index (χ3n) is 5.29. The van der Waals surface area contributed by atoms with Gasteiger partial charge in [0.25, 0.3) is 0 Å². The number of rotatable bonds is 2. The van der Waals surface area contributed by atoms with Gasteiger partial charge in [0.1, 0.15) is 5.69 Å². The first-order valence-corrected chi connectivity index (χ1v) is 9.51. The van der Waals surface area contributed by atoms with Crippen molar-refractivity contribution in [3.63, 3.8) is 0 Å². The monoisotopic (exact) mass is 394 g/mol. The fourth-order valence-electron chi connectivity index (χ4n) is 3.80. The van der Waals surface area contributed by atoms with E-state index < -0.39 is 11.9 Å². The van der Waals surface area contributed by atoms with Gasteiger partial charge in [-0.3, -0.25) is 4.98 Å². The van der Waals surface area contributed by atoms with Crippen LogP contribution in [0, 0.1) is 0 Å². The average Bonchev–Trinajstić information content (AvgIpc) is 3.16. The second-order valence-electron chi connectivity index (χ2n) is 7.22. The van der Waals surface area contributed by atoms with Gasteiger partial charge in [0.05, 0.1) is 17.4 Å². The predicted octanol–water partition coefficient (Wildman–Crippen LogP) is 5.38. The molecule has 1 aliphatic carbocycles. The fourth-order valence-corrected chi connectivity index (χ4v) is 3.80. The first-order valence-electron chi connectivity index (χ1n) is 9.51. The van der Waals surface area contributed by atoms with E-state index in [1.165, 1.54) is 28.8 Å². The Morgan fingerprint density at radius 3 is 2.62 bits per heavy atom. The summed E-state index contributed by atoms with van der Waals surface area (Å²) in [5.74, 6) is 0.130. The van der Waals surface area contributed by atoms with E-state index in [0.29, 0.717) is 5.52 Å². The lowest BCUT2D eigenvalue weighted by molar-refractivity contribution is -0.141. The van der Waals surface area contributed by atoms with E-state index in [9.17, 15) is 13.2 Å². The van der Waals surface area contributed by atoms with E-state index in [4.69, 9.17) is 4.98 Å². The highest BCUT2D eigenvalue weighted by molar-refractivity contribution is 5.84. The van der Waals surface area contributed by atoms with Gasteiger partial charge < -0.3 is 0 Å². The summed E-state index contributed by atoms with van der Waals surface area (Å²) in [7, 11) is 0. The van der Waals surface area contributed by atoms with Crippen molar-refractivity contribution in [2.45, 2.75) is 31.9 Å². The molecule has 0 saturated carbocycles. The summed E-state index contributed by atoms with van der Waals surface area (Å²) < 4.78 is 40.6. The first kappa shape index (κ1) is 17.8. The largest absolute Gasteiger partial charge is 0.433 e. The van der Waals surface area contributed by atoms with Gasteiger partial charge >= 0.3 is 6.18 Å². The number of nitrogens with zero attached hydrogens (tertiary/aromatic N) is 4. The van der Waals surface area contributed by atoms with Crippen LogP contribution < -0.4 is 0 Å². The molecule has 1 aliphatic rings. The van der Waals surface area contributed by atoms with E-state index in [0.717, 1.165) is 47.7 Å². The molecular formula is C22H17F3N4. The maximum Gasteiger partial charge on any atom is 0.433 e. The Labute approximate surface area is 165 Å². The van der Waals surface area contributed by atoms with Crippen molar-refractivity contribution in [3.8, 4) is 17.1 Å². The zero-order chi connectivity index (χ0) is 20.0. The third kappa shape index (κ3) is 3.26. The number of halogens is 3. The summed E-state index contributed by atoms with van der Waals surface area (Å²) >= 11 is 0. The Morgan fingerprint density at radius 1 is 0.897 bits per heavy atom. The maximum absolute atomic E-state index is 13.0. The molecule has 146 valence electrons. The van der Waals surface area contributed by atoms with Gasteiger partial charge in [0.15, 0.2) is 5.82 Å². The molecule has 0 atom stereocenters. The molecule has 0 amide bonds. The van der Waals surface area contributed by atoms with Crippen molar-refractivity contribution < 1.29 is 13.2 Å². The second-order valence-corrected chi connectivity index (χ2v) is 7.22. The van der Waals surface area contributed by atoms with E-state index >= 15 is 0 Å². The highest BCUT2D eigenvalue weighted by atomic mass is 19.4. The number of alkyl halides is 3. The Morgan fingerprint density at radius 2 is 1.76 bits per heavy atom. The minimum Gasteiger partial charge on any atom is -0.253 e. The average molecular weight is 394 g/mol. The van der Waals surface area contributed by atoms with Gasteiger partial charge in [-0.1, -0.05) is 24.3 Å². The molecule has 0 saturated heterocycles. The summed E-state index contributed by atoms with van der Waals surface area (Å²) in [5, 5.41) is 5.09. The molecule has 0 N–H and O–H groups in total. The van der Waals surface area contributed by atoms with Crippen molar-refractivity contribution in [1.82, 2.24) is 19.7 Å². The number of pyridine rings is 2. The Kier molecular flexibility index (Phi) is 4.12. The number of hydrogen-bond acceptors (Lipinski definition) is 3. The van der Waals surface area contributed by atoms with E-state index in [-0.39, 0.29) is 5.82 Å². The van der Waals surface area contributed by atoms with Gasteiger partial charge in [-0.2, -0.15) is 18.3 Å². The Bertz CT molecular complexity index is 1210. The first-order chi connectivity index (χ1) is 14.0. The minimum absolute atomic E-state index is 0.130. The molecule has 5 rings (SSSR count). The normalized spacial score (nSPS) is 14.2. The van der Waals surface area contributed by atoms with Crippen LogP contribution in [-0.2, 0) is 19.0 Å². The topological polar surface area (TPSA) is 43.6 Å². The summed E-state index contributed by atoms with van der Waals surface area (Å²) in [6.07, 6.45) is 1.52. The predicted molar refractivity (Wildman–Crippen MR) is 104 cm³/mol. The van der Waals surface area contributed by atoms with E-state index in [1.54, 1.807) is 6.20 Å². The minimum atomic E-state index is -4.50. The molecule has 4 nitrogen and oxygen atoms in total. The van der Waals surface area contributed by atoms with Crippen molar-refractivity contribution in [2.24, 2.45) is 0 Å². The number of benzene rings is 1. The summed E-state index contributed by atoms with van der Waals surface area (Å²) in [5.41, 5.74) is 3.96. The van der Waals surface area contributed by atoms with E-state index in [1.807, 2.05) is 24.3 Å². The zero-order valence-electron chi connectivity index (χ0n) is 15.4. The molecule has 29 heavy (non-hydrogen) atoms. The second kappa shape index (κ2) is 6.69. The molecule has 1 aromatic carbocycles. The molecule has 0 radical (unpaired) electrons. The molecule has 0 spiro atoms. The molecule has 0 fully saturated rings. The van der Waals surface area contributed by atoms with Crippen LogP contribution in [-0.4, -0.2) is 19.7 Å². The third-order valence-corrected chi connectivity index (χ3v) is 5.29. The van der Waals surface area contributed by atoms with Gasteiger partial charge in [-0.15, -0.1) is 0 Å². The molecule has 4 aromatic rings. The van der Waals surface area contributed by atoms with Gasteiger partial charge in [0.2, 0.25) is 0 Å². The van der Waals surface area contributed by atoms with Crippen LogP contribution in [0.1, 0.15) is 29.8 Å². The SMILES string of the molecule is FC(F)(F)c1cccc(-n2ncc3ccc(-c4ccc5c(n4)CCCC5)cc32)n1. The van der Waals surface area contributed by atoms with Crippen LogP contribution in [0.2, 0.25) is 0 Å². The van der Waals surface area contributed by atoms with Crippen LogP contribution in [0.3, 0.4) is 0 Å². The van der Waals surface area contributed by atoms with Crippen molar-refractivity contribution in [1.29, 1.82) is 0 Å². The standard InChI is InChI=1S/C22H17F3N4/c23-22(24,25)20-6-3-7-21(28-20)29-19-12-15(8-9-16(19)13-26-29)18-11-10-14-4-1-2-5-17(14)27-18/h3,6-13H,1-2,4-5H2. The van der Waals surface area contributed by atoms with Crippen molar-refractivity contribution in [3.05, 3.63) is 71.7 Å². The van der Waals surface area contributed by atoms with Crippen LogP contribution >= 0.6 is 0 Å². The molecule has 0 bridgehead atoms. The lowest BCUT2D eigenvalue weighted by Gasteiger charge is -2.15. The number of hydrogen-bond donors (Lipinski definition) is 0. The molecule has 3 heterocycles. The number of aryl methyl sites for hydroxylation is 2. The smallest absolute Gasteiger partial charge is 0.253 e. The number of aromatic nitrogens is 4. The molecular weight excluding hydrogens is 377 g/mol. The maximum atomic E-state index is 13.0. The van der Waals surface area contributed by atoms with Gasteiger partial charge in [-0.05, 0) is 55.5 Å². The van der Waals surface area contributed by atoms with Crippen LogP contribution in [0.15, 0.2) is 54.7 Å². The summed E-state index contributed by atoms with van der Waals surface area (Å²) in [4.78, 5) is 8.59. The lowest BCUT2D eigenvalue weighted by atomic mass is 9.95. The molecule has 0 unspecified atom stereocenters. The van der Waals surface area contributed by atoms with Crippen LogP contribution in [0.25, 0.3) is 28.0 Å². The highest BCUT2D eigenvalue weighted by Crippen LogP contribution is 2.30. The van der Waals surface area contributed by atoms with E-state index in [2.05, 4.69) is 16.1 Å². The molecule has 3 aromatic heterocycles. The van der Waals surface area contributed by atoms with Gasteiger partial charge in [0, 0.05) is 16.6 Å². The highest BCUT2D eigenvalue weighted by Gasteiger charge is 2.32. The summed E-state index contributed by atoms with van der Waals surface area (Å²) in [6.45, 7) is 0. The molecule has 0 aliphatic heterocycles. The molecule has 7 heteroatoms. The van der Waals surface area contributed by atoms with Crippen LogP contribution in [0.4, 0.5) is 13.2 Å². The lowest BCUT2D eigenvalue weighted by Crippen LogP contribution is -2.10. The fraction of sp³-hybridized carbons (Fsp3) is 0.227. The van der Waals surface area contributed by atoms with Crippen molar-refractivity contribution in [2.75, 3.05) is 0 Å². The van der Waals surface area contributed by atoms with Gasteiger partial charge in [-0.25, -0.2) is 9.67 Å². The van der Waals surface area contributed by atoms with Crippen molar-refractivity contribution >= 4 is 10.9 Å². The Balaban J connectivity index is 1.60. The summed E-state index contributed by atoms with van der Waals surface area (Å²) in [6, 6.07) is 13.7. The zero-order valence-corrected chi connectivity index (χ0v) is 15.4. The number of fused-ring (bicyclic) bond motifs is 2. The quantitative estimate of drug-likeness (QED) is 0.458. The van der Waals surface area contributed by atoms with Crippen LogP contribution in [0.5, 0.6) is 0 Å².